The molecule has 6 heteroatoms. The predicted octanol–water partition coefficient (Wildman–Crippen LogP) is 3.80. The van der Waals surface area contributed by atoms with Gasteiger partial charge in [0.15, 0.2) is 0 Å². The van der Waals surface area contributed by atoms with Gasteiger partial charge in [-0.2, -0.15) is 0 Å². The van der Waals surface area contributed by atoms with E-state index in [2.05, 4.69) is 9.97 Å². The summed E-state index contributed by atoms with van der Waals surface area (Å²) in [5.74, 6) is 0.642. The van der Waals surface area contributed by atoms with E-state index in [0.29, 0.717) is 11.6 Å². The highest BCUT2D eigenvalue weighted by Gasteiger charge is 2.19. The van der Waals surface area contributed by atoms with Crippen molar-refractivity contribution in [3.05, 3.63) is 29.6 Å². The van der Waals surface area contributed by atoms with Gasteiger partial charge in [0.05, 0.1) is 0 Å². The van der Waals surface area contributed by atoms with Crippen LogP contribution in [0.25, 0.3) is 0 Å². The first-order chi connectivity index (χ1) is 11.5. The van der Waals surface area contributed by atoms with Gasteiger partial charge < -0.3 is 15.2 Å². The highest BCUT2D eigenvalue weighted by Crippen LogP contribution is 2.13. The van der Waals surface area contributed by atoms with Crippen molar-refractivity contribution in [2.24, 2.45) is 0 Å². The van der Waals surface area contributed by atoms with Crippen LogP contribution in [0.1, 0.15) is 57.9 Å². The van der Waals surface area contributed by atoms with Crippen LogP contribution in [0.15, 0.2) is 23.9 Å². The van der Waals surface area contributed by atoms with Crippen LogP contribution in [0.3, 0.4) is 0 Å². The van der Waals surface area contributed by atoms with Gasteiger partial charge in [-0.1, -0.05) is 13.5 Å². The van der Waals surface area contributed by atoms with Gasteiger partial charge >= 0.3 is 0 Å². The summed E-state index contributed by atoms with van der Waals surface area (Å²) in [7, 11) is 1.92. The number of allylic oxidation sites excluding steroid dienone is 2. The molecule has 0 aromatic carbocycles. The lowest BCUT2D eigenvalue weighted by Gasteiger charge is -2.26. The summed E-state index contributed by atoms with van der Waals surface area (Å²) < 4.78 is 0. The van der Waals surface area contributed by atoms with E-state index >= 15 is 0 Å². The molecule has 2 heterocycles. The smallest absolute Gasteiger partial charge is 0.272 e. The Morgan fingerprint density at radius 1 is 1.36 bits per heavy atom. The Bertz CT molecular complexity index is 565. The minimum Gasteiger partial charge on any atom is -0.344 e. The molecule has 1 aliphatic rings. The third kappa shape index (κ3) is 7.45. The van der Waals surface area contributed by atoms with Crippen LogP contribution in [0, 0.1) is 5.41 Å². The van der Waals surface area contributed by atoms with Gasteiger partial charge in [0.25, 0.3) is 5.91 Å². The van der Waals surface area contributed by atoms with E-state index in [4.69, 9.17) is 5.41 Å². The molecule has 1 amide bonds. The van der Waals surface area contributed by atoms with Gasteiger partial charge in [-0.05, 0) is 51.7 Å². The number of anilines is 1. The molecular weight excluding hydrogens is 314 g/mol. The van der Waals surface area contributed by atoms with E-state index in [9.17, 15) is 4.79 Å². The van der Waals surface area contributed by atoms with Crippen LogP contribution in [-0.4, -0.2) is 53.7 Å². The molecule has 140 valence electrons. The van der Waals surface area contributed by atoms with E-state index in [1.807, 2.05) is 43.7 Å². The number of aromatic nitrogens is 2. The van der Waals surface area contributed by atoms with E-state index in [1.54, 1.807) is 12.3 Å². The first kappa shape index (κ1) is 22.8. The molecule has 0 atom stereocenters. The summed E-state index contributed by atoms with van der Waals surface area (Å²) in [6, 6.07) is 1.70. The monoisotopic (exact) mass is 347 g/mol. The molecule has 1 N–H and O–H groups in total. The summed E-state index contributed by atoms with van der Waals surface area (Å²) in [6.45, 7) is 8.36. The number of nitrogens with one attached hydrogen (secondary N) is 1. The zero-order valence-corrected chi connectivity index (χ0v) is 15.2. The molecule has 0 spiro atoms. The van der Waals surface area contributed by atoms with Crippen molar-refractivity contribution in [2.75, 3.05) is 31.6 Å². The molecule has 6 nitrogen and oxygen atoms in total. The van der Waals surface area contributed by atoms with Crippen molar-refractivity contribution in [1.29, 1.82) is 5.41 Å². The number of amides is 1. The fourth-order valence-corrected chi connectivity index (χ4v) is 2.14. The Hall–Kier alpha value is -2.24. The molecule has 25 heavy (non-hydrogen) atoms. The summed E-state index contributed by atoms with van der Waals surface area (Å²) >= 11 is 0. The van der Waals surface area contributed by atoms with Gasteiger partial charge in [-0.3, -0.25) is 4.79 Å². The number of nitrogens with zero attached hydrogens (tertiary/aromatic N) is 4. The predicted molar refractivity (Wildman–Crippen MR) is 106 cm³/mol. The number of likely N-dealkylation sites (tertiary alicyclic amines) is 1. The molecule has 1 aromatic rings. The lowest BCUT2D eigenvalue weighted by molar-refractivity contribution is 0.0718. The normalized spacial score (nSPS) is 13.9. The molecule has 1 fully saturated rings. The van der Waals surface area contributed by atoms with E-state index in [-0.39, 0.29) is 13.3 Å². The quantitative estimate of drug-likeness (QED) is 0.841. The Morgan fingerprint density at radius 3 is 2.48 bits per heavy atom. The summed E-state index contributed by atoms with van der Waals surface area (Å²) in [5, 5.41) is 6.62. The number of piperidine rings is 1. The van der Waals surface area contributed by atoms with E-state index in [1.165, 1.54) is 12.6 Å². The van der Waals surface area contributed by atoms with Crippen LogP contribution in [0.5, 0.6) is 0 Å². The lowest BCUT2D eigenvalue weighted by atomic mass is 10.1. The Morgan fingerprint density at radius 2 is 2.00 bits per heavy atom. The standard InChI is InChI=1S/C13H20N4O.C5H9N.CH4/c1-3-16(2)13-14-8-7-11(15-13)12(18)17-9-5-4-6-10-17;1-3-5(2)4-6;/h7-8H,3-6,9-10H2,1-2H3;3-4,6H,1-2H3;1H4/b;5-3-,6-4?;. The maximum absolute atomic E-state index is 12.3. The second-order valence-corrected chi connectivity index (χ2v) is 5.79. The topological polar surface area (TPSA) is 73.2 Å². The van der Waals surface area contributed by atoms with Gasteiger partial charge in [0.1, 0.15) is 5.69 Å². The zero-order valence-electron chi connectivity index (χ0n) is 15.2. The largest absolute Gasteiger partial charge is 0.344 e. The first-order valence-corrected chi connectivity index (χ1v) is 8.50. The van der Waals surface area contributed by atoms with Gasteiger partial charge in [0, 0.05) is 39.1 Å². The molecule has 1 aromatic heterocycles. The van der Waals surface area contributed by atoms with Crippen LogP contribution in [-0.2, 0) is 0 Å². The molecule has 0 unspecified atom stereocenters. The van der Waals surface area contributed by atoms with Crippen molar-refractivity contribution >= 4 is 18.1 Å². The summed E-state index contributed by atoms with van der Waals surface area (Å²) in [6.07, 6.45) is 8.30. The summed E-state index contributed by atoms with van der Waals surface area (Å²) in [4.78, 5) is 24.6. The maximum Gasteiger partial charge on any atom is 0.272 e. The lowest BCUT2D eigenvalue weighted by Crippen LogP contribution is -2.36. The van der Waals surface area contributed by atoms with Crippen LogP contribution < -0.4 is 4.90 Å². The third-order valence-corrected chi connectivity index (χ3v) is 4.00. The van der Waals surface area contributed by atoms with Gasteiger partial charge in [-0.25, -0.2) is 9.97 Å². The van der Waals surface area contributed by atoms with Crippen molar-refractivity contribution in [3.63, 3.8) is 0 Å². The highest BCUT2D eigenvalue weighted by molar-refractivity contribution is 5.92. The Balaban J connectivity index is 0.000000715. The average molecular weight is 348 g/mol. The highest BCUT2D eigenvalue weighted by atomic mass is 16.2. The summed E-state index contributed by atoms with van der Waals surface area (Å²) in [5.41, 5.74) is 1.51. The van der Waals surface area contributed by atoms with Crippen LogP contribution in [0.4, 0.5) is 5.95 Å². The molecule has 1 saturated heterocycles. The van der Waals surface area contributed by atoms with Crippen molar-refractivity contribution < 1.29 is 4.79 Å². The number of hydrogen-bond acceptors (Lipinski definition) is 5. The molecule has 1 aliphatic heterocycles. The molecule has 0 bridgehead atoms. The van der Waals surface area contributed by atoms with Crippen LogP contribution in [0.2, 0.25) is 0 Å². The minimum absolute atomic E-state index is 0. The maximum atomic E-state index is 12.3. The SMILES string of the molecule is C.C/C=C(/C)C=N.CCN(C)c1nccc(C(=O)N2CCCCC2)n1. The number of carbonyl (C=O) groups is 1. The second kappa shape index (κ2) is 12.2. The number of hydrogen-bond donors (Lipinski definition) is 1. The fourth-order valence-electron chi connectivity index (χ4n) is 2.14. The molecule has 0 saturated carbocycles. The van der Waals surface area contributed by atoms with E-state index < -0.39 is 0 Å². The third-order valence-electron chi connectivity index (χ3n) is 4.00. The van der Waals surface area contributed by atoms with Crippen molar-refractivity contribution in [3.8, 4) is 0 Å². The zero-order chi connectivity index (χ0) is 17.9. The molecule has 2 rings (SSSR count). The van der Waals surface area contributed by atoms with Crippen LogP contribution >= 0.6 is 0 Å². The fraction of sp³-hybridized carbons (Fsp3) is 0.579. The molecule has 0 aliphatic carbocycles. The Labute approximate surface area is 152 Å². The second-order valence-electron chi connectivity index (χ2n) is 5.79. The van der Waals surface area contributed by atoms with Crippen molar-refractivity contribution in [1.82, 2.24) is 14.9 Å². The number of carbonyl (C=O) groups excluding carboxylic acids is 1. The Kier molecular flexibility index (Phi) is 11.1. The van der Waals surface area contributed by atoms with Crippen molar-refractivity contribution in [2.45, 2.75) is 47.5 Å². The van der Waals surface area contributed by atoms with E-state index in [0.717, 1.165) is 38.0 Å². The number of rotatable bonds is 4. The minimum atomic E-state index is 0. The van der Waals surface area contributed by atoms with Gasteiger partial charge in [0.2, 0.25) is 5.95 Å². The molecular formula is C19H33N5O. The first-order valence-electron chi connectivity index (χ1n) is 8.50. The molecule has 0 radical (unpaired) electrons. The average Bonchev–Trinajstić information content (AvgIpc) is 2.67. The van der Waals surface area contributed by atoms with Gasteiger partial charge in [-0.15, -0.1) is 0 Å².